The molecule has 1 heteroatoms. The molecule has 1 rings (SSSR count). The normalized spacial score (nSPS) is 18.1. The molecule has 0 saturated heterocycles. The first-order valence-corrected chi connectivity index (χ1v) is 6.14. The van der Waals surface area contributed by atoms with Crippen LogP contribution in [0.5, 0.6) is 0 Å². The summed E-state index contributed by atoms with van der Waals surface area (Å²) in [6.45, 7) is 13.2. The second kappa shape index (κ2) is 3.97. The predicted octanol–water partition coefficient (Wildman–Crippen LogP) is 4.94. The summed E-state index contributed by atoms with van der Waals surface area (Å²) >= 11 is 6.47. The van der Waals surface area contributed by atoms with Crippen molar-refractivity contribution in [1.82, 2.24) is 0 Å². The minimum atomic E-state index is -0.195. The molecule has 0 unspecified atom stereocenters. The van der Waals surface area contributed by atoms with Crippen LogP contribution in [0.25, 0.3) is 0 Å². The summed E-state index contributed by atoms with van der Waals surface area (Å²) in [6.07, 6.45) is 5.75. The van der Waals surface area contributed by atoms with Crippen LogP contribution in [-0.4, -0.2) is 4.87 Å². The Hall–Kier alpha value is -0.230. The molecule has 0 aliphatic heterocycles. The zero-order valence-corrected chi connectivity index (χ0v) is 11.6. The molecular weight excluding hydrogens is 204 g/mol. The van der Waals surface area contributed by atoms with Crippen molar-refractivity contribution in [2.75, 3.05) is 0 Å². The molecule has 0 heterocycles. The topological polar surface area (TPSA) is 0 Å². The maximum absolute atomic E-state index is 6.47. The molecular formula is C14H23Cl. The zero-order valence-electron chi connectivity index (χ0n) is 10.8. The monoisotopic (exact) mass is 226 g/mol. The lowest BCUT2D eigenvalue weighted by atomic mass is 9.73. The summed E-state index contributed by atoms with van der Waals surface area (Å²) in [5.41, 5.74) is 2.98. The first-order valence-electron chi connectivity index (χ1n) is 5.76. The molecule has 0 aromatic heterocycles. The third-order valence-corrected chi connectivity index (χ3v) is 4.33. The molecule has 0 saturated carbocycles. The first-order chi connectivity index (χ1) is 6.66. The van der Waals surface area contributed by atoms with E-state index in [1.54, 1.807) is 0 Å². The smallest absolute Gasteiger partial charge is 0.0478 e. The van der Waals surface area contributed by atoms with Crippen molar-refractivity contribution in [1.29, 1.82) is 0 Å². The Kier molecular flexibility index (Phi) is 3.40. The fourth-order valence-electron chi connectivity index (χ4n) is 1.77. The third-order valence-electron chi connectivity index (χ3n) is 3.85. The molecule has 0 atom stereocenters. The second-order valence-corrected chi connectivity index (χ2v) is 6.77. The highest BCUT2D eigenvalue weighted by molar-refractivity contribution is 6.24. The molecule has 15 heavy (non-hydrogen) atoms. The lowest BCUT2D eigenvalue weighted by molar-refractivity contribution is 0.335. The SMILES string of the molecule is CC(C)C1=CCC(C(C)(C)C(C)(C)Cl)=C1. The largest absolute Gasteiger partial charge is 0.119 e. The predicted molar refractivity (Wildman–Crippen MR) is 69.3 cm³/mol. The van der Waals surface area contributed by atoms with Gasteiger partial charge in [-0.2, -0.15) is 0 Å². The van der Waals surface area contributed by atoms with Crippen LogP contribution in [0.3, 0.4) is 0 Å². The van der Waals surface area contributed by atoms with Crippen molar-refractivity contribution >= 4 is 11.6 Å². The minimum absolute atomic E-state index is 0.0572. The molecule has 86 valence electrons. The van der Waals surface area contributed by atoms with Gasteiger partial charge < -0.3 is 0 Å². The van der Waals surface area contributed by atoms with E-state index in [1.807, 2.05) is 0 Å². The van der Waals surface area contributed by atoms with Gasteiger partial charge in [0.15, 0.2) is 0 Å². The standard InChI is InChI=1S/C14H23Cl/c1-10(2)11-7-8-12(9-11)13(3,4)14(5,6)15/h7,9-10H,8H2,1-6H3. The van der Waals surface area contributed by atoms with Gasteiger partial charge in [0.25, 0.3) is 0 Å². The van der Waals surface area contributed by atoms with Gasteiger partial charge >= 0.3 is 0 Å². The first kappa shape index (κ1) is 12.8. The van der Waals surface area contributed by atoms with Crippen molar-refractivity contribution in [2.45, 2.75) is 52.8 Å². The Morgan fingerprint density at radius 3 is 2.07 bits per heavy atom. The van der Waals surface area contributed by atoms with Gasteiger partial charge in [-0.3, -0.25) is 0 Å². The van der Waals surface area contributed by atoms with Gasteiger partial charge in [0.05, 0.1) is 0 Å². The second-order valence-electron chi connectivity index (χ2n) is 5.83. The van der Waals surface area contributed by atoms with Crippen LogP contribution in [-0.2, 0) is 0 Å². The highest BCUT2D eigenvalue weighted by Crippen LogP contribution is 2.46. The summed E-state index contributed by atoms with van der Waals surface area (Å²) in [5.74, 6) is 0.622. The van der Waals surface area contributed by atoms with Gasteiger partial charge in [0.1, 0.15) is 0 Å². The zero-order chi connectivity index (χ0) is 11.9. The Bertz CT molecular complexity index is 298. The quantitative estimate of drug-likeness (QED) is 0.598. The van der Waals surface area contributed by atoms with E-state index in [1.165, 1.54) is 11.1 Å². The molecule has 1 aliphatic carbocycles. The number of hydrogen-bond acceptors (Lipinski definition) is 0. The number of hydrogen-bond donors (Lipinski definition) is 0. The van der Waals surface area contributed by atoms with E-state index in [0.717, 1.165) is 6.42 Å². The molecule has 0 nitrogen and oxygen atoms in total. The van der Waals surface area contributed by atoms with Crippen LogP contribution in [0.4, 0.5) is 0 Å². The van der Waals surface area contributed by atoms with Crippen LogP contribution in [0.15, 0.2) is 23.3 Å². The maximum atomic E-state index is 6.47. The van der Waals surface area contributed by atoms with Crippen molar-refractivity contribution in [3.63, 3.8) is 0 Å². The highest BCUT2D eigenvalue weighted by Gasteiger charge is 2.38. The van der Waals surface area contributed by atoms with E-state index >= 15 is 0 Å². The van der Waals surface area contributed by atoms with Gasteiger partial charge in [0, 0.05) is 10.3 Å². The molecule has 0 fully saturated rings. The molecule has 1 aliphatic rings. The van der Waals surface area contributed by atoms with Gasteiger partial charge in [0.2, 0.25) is 0 Å². The summed E-state index contributed by atoms with van der Waals surface area (Å²) < 4.78 is 0. The van der Waals surface area contributed by atoms with Crippen molar-refractivity contribution in [2.24, 2.45) is 11.3 Å². The van der Waals surface area contributed by atoms with Crippen LogP contribution in [0, 0.1) is 11.3 Å². The Labute approximate surface area is 99.4 Å². The van der Waals surface area contributed by atoms with E-state index in [4.69, 9.17) is 11.6 Å². The van der Waals surface area contributed by atoms with Gasteiger partial charge in [-0.05, 0) is 31.8 Å². The number of alkyl halides is 1. The van der Waals surface area contributed by atoms with Gasteiger partial charge in [-0.25, -0.2) is 0 Å². The highest BCUT2D eigenvalue weighted by atomic mass is 35.5. The van der Waals surface area contributed by atoms with E-state index in [9.17, 15) is 0 Å². The minimum Gasteiger partial charge on any atom is -0.119 e. The average Bonchev–Trinajstić information content (AvgIpc) is 2.49. The summed E-state index contributed by atoms with van der Waals surface area (Å²) in [6, 6.07) is 0. The maximum Gasteiger partial charge on any atom is 0.0478 e. The Balaban J connectivity index is 2.91. The lowest BCUT2D eigenvalue weighted by Crippen LogP contribution is -2.35. The Morgan fingerprint density at radius 1 is 1.20 bits per heavy atom. The van der Waals surface area contributed by atoms with Gasteiger partial charge in [-0.15, -0.1) is 11.6 Å². The van der Waals surface area contributed by atoms with E-state index in [0.29, 0.717) is 5.92 Å². The van der Waals surface area contributed by atoms with Crippen molar-refractivity contribution < 1.29 is 0 Å². The molecule has 0 radical (unpaired) electrons. The summed E-state index contributed by atoms with van der Waals surface area (Å²) in [4.78, 5) is -0.195. The van der Waals surface area contributed by atoms with Crippen LogP contribution >= 0.6 is 11.6 Å². The number of allylic oxidation sites excluding steroid dienone is 4. The molecule has 0 aromatic rings. The van der Waals surface area contributed by atoms with E-state index in [-0.39, 0.29) is 10.3 Å². The molecule has 0 spiro atoms. The summed E-state index contributed by atoms with van der Waals surface area (Å²) in [5, 5.41) is 0. The molecule has 0 bridgehead atoms. The van der Waals surface area contributed by atoms with E-state index < -0.39 is 0 Å². The van der Waals surface area contributed by atoms with E-state index in [2.05, 4.69) is 53.7 Å². The molecule has 0 aromatic carbocycles. The average molecular weight is 227 g/mol. The fourth-order valence-corrected chi connectivity index (χ4v) is 1.89. The molecule has 0 amide bonds. The lowest BCUT2D eigenvalue weighted by Gasteiger charge is -2.38. The third kappa shape index (κ3) is 2.47. The van der Waals surface area contributed by atoms with Crippen LogP contribution in [0.1, 0.15) is 48.0 Å². The number of rotatable bonds is 3. The summed E-state index contributed by atoms with van der Waals surface area (Å²) in [7, 11) is 0. The fraction of sp³-hybridized carbons (Fsp3) is 0.714. The van der Waals surface area contributed by atoms with Gasteiger partial charge in [-0.1, -0.05) is 45.4 Å². The van der Waals surface area contributed by atoms with Crippen molar-refractivity contribution in [3.8, 4) is 0 Å². The molecule has 0 N–H and O–H groups in total. The van der Waals surface area contributed by atoms with Crippen molar-refractivity contribution in [3.05, 3.63) is 23.3 Å². The number of halogens is 1. The Morgan fingerprint density at radius 2 is 1.73 bits per heavy atom. The van der Waals surface area contributed by atoms with Crippen LogP contribution < -0.4 is 0 Å². The van der Waals surface area contributed by atoms with Crippen LogP contribution in [0.2, 0.25) is 0 Å².